The first-order valence-corrected chi connectivity index (χ1v) is 13.0. The van der Waals surface area contributed by atoms with Gasteiger partial charge in [-0.2, -0.15) is 0 Å². The van der Waals surface area contributed by atoms with E-state index in [1.165, 1.54) is 18.2 Å². The fraction of sp³-hybridized carbons (Fsp3) is 0.625. The maximum Gasteiger partial charge on any atom is 0.326 e. The number of amides is 2. The van der Waals surface area contributed by atoms with E-state index in [9.17, 15) is 34.8 Å². The second kappa shape index (κ2) is 14.3. The van der Waals surface area contributed by atoms with E-state index in [2.05, 4.69) is 10.6 Å². The number of carboxylic acid groups (broad SMARTS) is 1. The highest BCUT2D eigenvalue weighted by Gasteiger charge is 2.35. The van der Waals surface area contributed by atoms with Crippen molar-refractivity contribution < 1.29 is 29.6 Å². The Morgan fingerprint density at radius 2 is 1.44 bits per heavy atom. The highest BCUT2D eigenvalue weighted by atomic mass is 127. The van der Waals surface area contributed by atoms with Crippen LogP contribution in [0, 0.1) is 31.4 Å². The number of nitrogens with one attached hydrogen (secondary N) is 2. The van der Waals surface area contributed by atoms with Crippen molar-refractivity contribution in [3.05, 3.63) is 31.9 Å². The number of rotatable bonds is 14. The molecule has 1 aromatic rings. The largest absolute Gasteiger partial charge is 0.480 e. The van der Waals surface area contributed by atoms with Gasteiger partial charge in [0.05, 0.1) is 8.49 Å². The van der Waals surface area contributed by atoms with E-state index in [0.29, 0.717) is 8.63 Å². The van der Waals surface area contributed by atoms with E-state index < -0.39 is 40.8 Å². The topological polar surface area (TPSA) is 162 Å². The number of nitrogens with zero attached hydrogens (tertiary/aromatic N) is 2. The zero-order chi connectivity index (χ0) is 27.7. The Kier molecular flexibility index (Phi) is 12.5. The molecule has 0 saturated carbocycles. The fourth-order valence-corrected chi connectivity index (χ4v) is 4.42. The zero-order valence-corrected chi connectivity index (χ0v) is 23.7. The molecule has 1 rings (SSSR count). The van der Waals surface area contributed by atoms with E-state index in [1.807, 2.05) is 41.5 Å². The number of nitro benzene ring substituents is 1. The molecule has 11 nitrogen and oxygen atoms in total. The molecule has 0 aromatic heterocycles. The molecule has 202 valence electrons. The standard InChI is InChI=1S/C24H37IN4O7/c1-13(2)10-17(22(30)27-18(24(32)33)11-14(3)4)26-23(31)20(12-15(5)6)28(34)19-9-7-8-16(25)21(19)29(35)36/h7-9,13-15,17-18,20,34H,10-12H2,1-6H3,(H,26,31)(H,27,30)(H,32,33)/t17-,18-,20-/m0/s1. The number of carboxylic acids is 1. The van der Waals surface area contributed by atoms with Gasteiger partial charge in [-0.05, 0) is 71.7 Å². The van der Waals surface area contributed by atoms with Crippen molar-refractivity contribution in [1.82, 2.24) is 10.6 Å². The number of carbonyl (C=O) groups is 3. The van der Waals surface area contributed by atoms with Crippen LogP contribution in [0.4, 0.5) is 11.4 Å². The molecule has 0 spiro atoms. The number of carbonyl (C=O) groups excluding carboxylic acids is 2. The van der Waals surface area contributed by atoms with Crippen LogP contribution in [-0.2, 0) is 14.4 Å². The van der Waals surface area contributed by atoms with Gasteiger partial charge in [-0.1, -0.05) is 47.6 Å². The van der Waals surface area contributed by atoms with E-state index in [4.69, 9.17) is 0 Å². The Morgan fingerprint density at radius 1 is 0.944 bits per heavy atom. The van der Waals surface area contributed by atoms with Crippen LogP contribution in [0.3, 0.4) is 0 Å². The first-order valence-electron chi connectivity index (χ1n) is 11.9. The molecule has 0 fully saturated rings. The van der Waals surface area contributed by atoms with E-state index in [0.717, 1.165) is 0 Å². The van der Waals surface area contributed by atoms with E-state index >= 15 is 0 Å². The lowest BCUT2D eigenvalue weighted by atomic mass is 9.98. The third-order valence-corrected chi connectivity index (χ3v) is 6.22. The van der Waals surface area contributed by atoms with Gasteiger partial charge in [-0.25, -0.2) is 9.86 Å². The molecule has 2 amide bonds. The number of para-hydroxylation sites is 1. The second-order valence-electron chi connectivity index (χ2n) is 10.1. The summed E-state index contributed by atoms with van der Waals surface area (Å²) < 4.78 is 0.291. The van der Waals surface area contributed by atoms with Crippen molar-refractivity contribution in [1.29, 1.82) is 0 Å². The summed E-state index contributed by atoms with van der Waals surface area (Å²) in [5.74, 6) is -2.57. The van der Waals surface area contributed by atoms with Gasteiger partial charge in [0.25, 0.3) is 0 Å². The summed E-state index contributed by atoms with van der Waals surface area (Å²) in [6.07, 6.45) is 0.598. The Bertz CT molecular complexity index is 939. The number of anilines is 1. The normalized spacial score (nSPS) is 13.9. The maximum atomic E-state index is 13.4. The van der Waals surface area contributed by atoms with Gasteiger partial charge < -0.3 is 15.7 Å². The molecule has 4 N–H and O–H groups in total. The minimum Gasteiger partial charge on any atom is -0.480 e. The Morgan fingerprint density at radius 3 is 1.92 bits per heavy atom. The number of hydrogen-bond acceptors (Lipinski definition) is 7. The molecule has 0 aliphatic rings. The van der Waals surface area contributed by atoms with Gasteiger partial charge in [-0.15, -0.1) is 0 Å². The number of nitro groups is 1. The average molecular weight is 620 g/mol. The minimum atomic E-state index is -1.23. The lowest BCUT2D eigenvalue weighted by Gasteiger charge is -2.30. The first-order chi connectivity index (χ1) is 16.6. The van der Waals surface area contributed by atoms with Crippen LogP contribution in [0.2, 0.25) is 0 Å². The summed E-state index contributed by atoms with van der Waals surface area (Å²) in [5.41, 5.74) is -0.475. The van der Waals surface area contributed by atoms with Crippen molar-refractivity contribution in [2.75, 3.05) is 5.06 Å². The highest BCUT2D eigenvalue weighted by Crippen LogP contribution is 2.34. The number of hydroxylamine groups is 1. The van der Waals surface area contributed by atoms with Crippen LogP contribution in [-0.4, -0.2) is 51.1 Å². The number of aliphatic carboxylic acids is 1. The van der Waals surface area contributed by atoms with Crippen molar-refractivity contribution in [3.63, 3.8) is 0 Å². The first kappa shape index (κ1) is 31.5. The molecule has 0 saturated heterocycles. The molecule has 0 unspecified atom stereocenters. The summed E-state index contributed by atoms with van der Waals surface area (Å²) in [6, 6.07) is 1.01. The minimum absolute atomic E-state index is 0.0139. The highest BCUT2D eigenvalue weighted by molar-refractivity contribution is 14.1. The molecule has 36 heavy (non-hydrogen) atoms. The average Bonchev–Trinajstić information content (AvgIpc) is 2.74. The quantitative estimate of drug-likeness (QED) is 0.138. The third-order valence-electron chi connectivity index (χ3n) is 5.35. The molecule has 12 heteroatoms. The summed E-state index contributed by atoms with van der Waals surface area (Å²) in [6.45, 7) is 11.1. The van der Waals surface area contributed by atoms with Crippen LogP contribution >= 0.6 is 22.6 Å². The van der Waals surface area contributed by atoms with Crippen LogP contribution in [0.5, 0.6) is 0 Å². The lowest BCUT2D eigenvalue weighted by Crippen LogP contribution is -2.56. The van der Waals surface area contributed by atoms with Crippen molar-refractivity contribution in [2.45, 2.75) is 78.9 Å². The molecular weight excluding hydrogens is 583 g/mol. The molecule has 0 bridgehead atoms. The van der Waals surface area contributed by atoms with Crippen LogP contribution in [0.25, 0.3) is 0 Å². The van der Waals surface area contributed by atoms with Crippen LogP contribution < -0.4 is 15.7 Å². The molecule has 0 heterocycles. The summed E-state index contributed by atoms with van der Waals surface area (Å²) in [7, 11) is 0. The summed E-state index contributed by atoms with van der Waals surface area (Å²) in [4.78, 5) is 49.1. The van der Waals surface area contributed by atoms with Crippen LogP contribution in [0.15, 0.2) is 18.2 Å². The maximum absolute atomic E-state index is 13.4. The fourth-order valence-electron chi connectivity index (χ4n) is 3.74. The number of benzene rings is 1. The molecular formula is C24H37IN4O7. The molecule has 3 atom stereocenters. The third kappa shape index (κ3) is 9.52. The monoisotopic (exact) mass is 620 g/mol. The number of halogens is 1. The van der Waals surface area contributed by atoms with E-state index in [-0.39, 0.29) is 48.4 Å². The van der Waals surface area contributed by atoms with Crippen molar-refractivity contribution >= 4 is 51.7 Å². The second-order valence-corrected chi connectivity index (χ2v) is 11.2. The predicted octanol–water partition coefficient (Wildman–Crippen LogP) is 3.96. The predicted molar refractivity (Wildman–Crippen MR) is 144 cm³/mol. The molecule has 0 radical (unpaired) electrons. The SMILES string of the molecule is CC(C)C[C@H](NC(=O)[C@H](CC(C)C)NC(=O)[C@H](CC(C)C)N(O)c1cccc(I)c1[N+](=O)[O-])C(=O)O. The van der Waals surface area contributed by atoms with Crippen molar-refractivity contribution in [2.24, 2.45) is 17.8 Å². The summed E-state index contributed by atoms with van der Waals surface area (Å²) in [5, 5.41) is 37.9. The lowest BCUT2D eigenvalue weighted by molar-refractivity contribution is -0.385. The smallest absolute Gasteiger partial charge is 0.326 e. The molecule has 0 aliphatic heterocycles. The summed E-state index contributed by atoms with van der Waals surface area (Å²) >= 11 is 1.79. The van der Waals surface area contributed by atoms with Crippen LogP contribution in [0.1, 0.15) is 60.8 Å². The molecule has 1 aromatic carbocycles. The van der Waals surface area contributed by atoms with Gasteiger partial charge in [-0.3, -0.25) is 24.9 Å². The van der Waals surface area contributed by atoms with Gasteiger partial charge in [0, 0.05) is 0 Å². The van der Waals surface area contributed by atoms with Gasteiger partial charge in [0.1, 0.15) is 23.8 Å². The van der Waals surface area contributed by atoms with Gasteiger partial charge >= 0.3 is 11.7 Å². The Labute approximate surface area is 225 Å². The van der Waals surface area contributed by atoms with Gasteiger partial charge in [0.15, 0.2) is 0 Å². The number of hydrogen-bond donors (Lipinski definition) is 4. The van der Waals surface area contributed by atoms with E-state index in [1.54, 1.807) is 22.6 Å². The Hall–Kier alpha value is -2.48. The van der Waals surface area contributed by atoms with Gasteiger partial charge in [0.2, 0.25) is 11.8 Å². The van der Waals surface area contributed by atoms with Crippen molar-refractivity contribution in [3.8, 4) is 0 Å². The zero-order valence-electron chi connectivity index (χ0n) is 21.5. The molecule has 0 aliphatic carbocycles. The Balaban J connectivity index is 3.28.